The zero-order valence-electron chi connectivity index (χ0n) is 5.98. The number of carbonyl (C=O) groups is 1. The van der Waals surface area contributed by atoms with Crippen molar-refractivity contribution < 1.29 is 4.79 Å². The summed E-state index contributed by atoms with van der Waals surface area (Å²) >= 11 is 0. The number of amides is 1. The first-order chi connectivity index (χ1) is 4.16. The fourth-order valence-electron chi connectivity index (χ4n) is 0.656. The third-order valence-electron chi connectivity index (χ3n) is 0.970. The van der Waals surface area contributed by atoms with E-state index in [1.807, 2.05) is 6.92 Å². The van der Waals surface area contributed by atoms with Crippen LogP contribution in [0.1, 0.15) is 20.3 Å². The number of hydrogen-bond acceptors (Lipinski definition) is 1. The quantitative estimate of drug-likeness (QED) is 0.565. The number of hydrogen-bond donors (Lipinski definition) is 1. The van der Waals surface area contributed by atoms with Crippen LogP contribution in [-0.2, 0) is 4.79 Å². The molecule has 1 amide bonds. The summed E-state index contributed by atoms with van der Waals surface area (Å²) in [7, 11) is 0. The van der Waals surface area contributed by atoms with E-state index in [9.17, 15) is 4.79 Å². The molecule has 0 saturated heterocycles. The van der Waals surface area contributed by atoms with E-state index in [0.29, 0.717) is 0 Å². The van der Waals surface area contributed by atoms with Gasteiger partial charge < -0.3 is 5.32 Å². The number of carbonyl (C=O) groups excluding carboxylic acids is 1. The van der Waals surface area contributed by atoms with Crippen LogP contribution < -0.4 is 5.32 Å². The smallest absolute Gasteiger partial charge is 0.217 e. The van der Waals surface area contributed by atoms with Crippen LogP contribution in [-0.4, -0.2) is 11.9 Å². The minimum absolute atomic E-state index is 0.0179. The Labute approximate surface area is 56.0 Å². The van der Waals surface area contributed by atoms with Gasteiger partial charge in [0.25, 0.3) is 0 Å². The Hall–Kier alpha value is -0.790. The zero-order chi connectivity index (χ0) is 7.28. The fraction of sp³-hybridized carbons (Fsp3) is 0.571. The lowest BCUT2D eigenvalue weighted by Gasteiger charge is -2.07. The molecule has 52 valence electrons. The summed E-state index contributed by atoms with van der Waals surface area (Å²) in [5, 5.41) is 2.73. The third kappa shape index (κ3) is 5.07. The molecular weight excluding hydrogens is 114 g/mol. The van der Waals surface area contributed by atoms with Crippen molar-refractivity contribution in [3.8, 4) is 0 Å². The highest BCUT2D eigenvalue weighted by molar-refractivity contribution is 5.73. The maximum Gasteiger partial charge on any atom is 0.217 e. The van der Waals surface area contributed by atoms with Crippen LogP contribution in [0.4, 0.5) is 0 Å². The highest BCUT2D eigenvalue weighted by Crippen LogP contribution is 1.88. The van der Waals surface area contributed by atoms with Gasteiger partial charge in [-0.1, -0.05) is 6.08 Å². The first-order valence-electron chi connectivity index (χ1n) is 3.04. The summed E-state index contributed by atoms with van der Waals surface area (Å²) < 4.78 is 0. The maximum absolute atomic E-state index is 10.4. The Morgan fingerprint density at radius 3 is 2.78 bits per heavy atom. The van der Waals surface area contributed by atoms with Gasteiger partial charge in [0.1, 0.15) is 0 Å². The summed E-state index contributed by atoms with van der Waals surface area (Å²) in [5.74, 6) is 0.0179. The first kappa shape index (κ1) is 8.21. The van der Waals surface area contributed by atoms with Crippen molar-refractivity contribution in [3.63, 3.8) is 0 Å². The summed E-state index contributed by atoms with van der Waals surface area (Å²) in [4.78, 5) is 10.4. The van der Waals surface area contributed by atoms with Gasteiger partial charge in [-0.2, -0.15) is 0 Å². The summed E-state index contributed by atoms with van der Waals surface area (Å²) in [6.45, 7) is 7.02. The second-order valence-corrected chi connectivity index (χ2v) is 2.13. The average Bonchev–Trinajstić information content (AvgIpc) is 1.63. The molecule has 0 aliphatic carbocycles. The SMILES string of the molecule is C=CC[C@H](C)NC(C)=O. The molecule has 2 nitrogen and oxygen atoms in total. The highest BCUT2D eigenvalue weighted by atomic mass is 16.1. The Bertz CT molecular complexity index is 109. The normalized spacial score (nSPS) is 12.2. The number of rotatable bonds is 3. The topological polar surface area (TPSA) is 29.1 Å². The van der Waals surface area contributed by atoms with Crippen molar-refractivity contribution >= 4 is 5.91 Å². The van der Waals surface area contributed by atoms with E-state index in [1.54, 1.807) is 6.08 Å². The van der Waals surface area contributed by atoms with Crippen LogP contribution in [0, 0.1) is 0 Å². The van der Waals surface area contributed by atoms with E-state index in [0.717, 1.165) is 6.42 Å². The minimum atomic E-state index is 0.0179. The predicted molar refractivity (Wildman–Crippen MR) is 38.1 cm³/mol. The van der Waals surface area contributed by atoms with E-state index in [1.165, 1.54) is 6.92 Å². The molecule has 2 heteroatoms. The van der Waals surface area contributed by atoms with Crippen molar-refractivity contribution in [1.82, 2.24) is 5.32 Å². The van der Waals surface area contributed by atoms with Crippen LogP contribution in [0.15, 0.2) is 12.7 Å². The number of nitrogens with one attached hydrogen (secondary N) is 1. The molecule has 0 aliphatic rings. The van der Waals surface area contributed by atoms with Gasteiger partial charge in [0.05, 0.1) is 0 Å². The second-order valence-electron chi connectivity index (χ2n) is 2.13. The van der Waals surface area contributed by atoms with Gasteiger partial charge >= 0.3 is 0 Å². The molecule has 0 saturated carbocycles. The lowest BCUT2D eigenvalue weighted by molar-refractivity contribution is -0.119. The molecule has 0 fully saturated rings. The summed E-state index contributed by atoms with van der Waals surface area (Å²) in [6.07, 6.45) is 2.63. The Morgan fingerprint density at radius 2 is 2.44 bits per heavy atom. The molecule has 0 bridgehead atoms. The van der Waals surface area contributed by atoms with Gasteiger partial charge in [-0.05, 0) is 13.3 Å². The van der Waals surface area contributed by atoms with Gasteiger partial charge in [-0.3, -0.25) is 4.79 Å². The lowest BCUT2D eigenvalue weighted by atomic mass is 10.2. The average molecular weight is 127 g/mol. The van der Waals surface area contributed by atoms with E-state index in [4.69, 9.17) is 0 Å². The van der Waals surface area contributed by atoms with Gasteiger partial charge in [0.15, 0.2) is 0 Å². The van der Waals surface area contributed by atoms with Gasteiger partial charge in [-0.25, -0.2) is 0 Å². The van der Waals surface area contributed by atoms with Gasteiger partial charge in [0.2, 0.25) is 5.91 Å². The molecule has 0 aromatic carbocycles. The summed E-state index contributed by atoms with van der Waals surface area (Å²) in [6, 6.07) is 0.222. The Balaban J connectivity index is 3.37. The van der Waals surface area contributed by atoms with E-state index in [-0.39, 0.29) is 11.9 Å². The molecule has 0 aliphatic heterocycles. The molecule has 0 aromatic heterocycles. The van der Waals surface area contributed by atoms with Gasteiger partial charge in [-0.15, -0.1) is 6.58 Å². The molecular formula is C7H13NO. The van der Waals surface area contributed by atoms with Crippen molar-refractivity contribution in [2.45, 2.75) is 26.3 Å². The predicted octanol–water partition coefficient (Wildman–Crippen LogP) is 1.09. The molecule has 0 rings (SSSR count). The van der Waals surface area contributed by atoms with Crippen LogP contribution in [0.5, 0.6) is 0 Å². The van der Waals surface area contributed by atoms with Crippen LogP contribution in [0.25, 0.3) is 0 Å². The van der Waals surface area contributed by atoms with Gasteiger partial charge in [0, 0.05) is 13.0 Å². The van der Waals surface area contributed by atoms with E-state index < -0.39 is 0 Å². The lowest BCUT2D eigenvalue weighted by Crippen LogP contribution is -2.29. The van der Waals surface area contributed by atoms with Crippen molar-refractivity contribution in [2.24, 2.45) is 0 Å². The molecule has 9 heavy (non-hydrogen) atoms. The molecule has 1 atom stereocenters. The molecule has 0 spiro atoms. The Kier molecular flexibility index (Phi) is 3.76. The van der Waals surface area contributed by atoms with Crippen LogP contribution >= 0.6 is 0 Å². The van der Waals surface area contributed by atoms with E-state index in [2.05, 4.69) is 11.9 Å². The second kappa shape index (κ2) is 4.13. The van der Waals surface area contributed by atoms with Crippen molar-refractivity contribution in [1.29, 1.82) is 0 Å². The Morgan fingerprint density at radius 1 is 1.89 bits per heavy atom. The standard InChI is InChI=1S/C7H13NO/c1-4-5-6(2)8-7(3)9/h4,6H,1,5H2,2-3H3,(H,8,9)/t6-/m0/s1. The minimum Gasteiger partial charge on any atom is -0.354 e. The molecule has 0 aromatic rings. The molecule has 0 heterocycles. The zero-order valence-corrected chi connectivity index (χ0v) is 5.98. The first-order valence-corrected chi connectivity index (χ1v) is 3.04. The van der Waals surface area contributed by atoms with Crippen molar-refractivity contribution in [3.05, 3.63) is 12.7 Å². The summed E-state index contributed by atoms with van der Waals surface area (Å²) in [5.41, 5.74) is 0. The van der Waals surface area contributed by atoms with Crippen LogP contribution in [0.2, 0.25) is 0 Å². The fourth-order valence-corrected chi connectivity index (χ4v) is 0.656. The van der Waals surface area contributed by atoms with E-state index >= 15 is 0 Å². The molecule has 1 N–H and O–H groups in total. The monoisotopic (exact) mass is 127 g/mol. The highest BCUT2D eigenvalue weighted by Gasteiger charge is 1.97. The maximum atomic E-state index is 10.4. The van der Waals surface area contributed by atoms with Crippen molar-refractivity contribution in [2.75, 3.05) is 0 Å². The molecule has 0 radical (unpaired) electrons. The third-order valence-corrected chi connectivity index (χ3v) is 0.970. The molecule has 0 unspecified atom stereocenters. The largest absolute Gasteiger partial charge is 0.354 e. The van der Waals surface area contributed by atoms with Crippen LogP contribution in [0.3, 0.4) is 0 Å².